The zero-order valence-corrected chi connectivity index (χ0v) is 22.2. The summed E-state index contributed by atoms with van der Waals surface area (Å²) in [5, 5.41) is 0. The fourth-order valence-electron chi connectivity index (χ4n) is 5.53. The van der Waals surface area contributed by atoms with Gasteiger partial charge in [-0.2, -0.15) is 0 Å². The lowest BCUT2D eigenvalue weighted by Gasteiger charge is -2.39. The first-order valence-electron chi connectivity index (χ1n) is 13.5. The Morgan fingerprint density at radius 3 is 2.23 bits per heavy atom. The number of piperidine rings is 1. The van der Waals surface area contributed by atoms with Crippen LogP contribution in [0.5, 0.6) is 11.5 Å². The predicted molar refractivity (Wildman–Crippen MR) is 146 cm³/mol. The van der Waals surface area contributed by atoms with Gasteiger partial charge in [0.1, 0.15) is 11.5 Å². The Kier molecular flexibility index (Phi) is 11.4. The van der Waals surface area contributed by atoms with Crippen molar-refractivity contribution in [2.75, 3.05) is 19.6 Å². The Balaban J connectivity index is 0.00000342. The van der Waals surface area contributed by atoms with Gasteiger partial charge in [0.05, 0.1) is 0 Å². The normalized spacial score (nSPS) is 17.5. The molecule has 0 aromatic heterocycles. The number of ether oxygens (including phenoxy) is 1. The minimum Gasteiger partial charge on any atom is -0.457 e. The Bertz CT molecular complexity index is 860. The molecule has 192 valence electrons. The van der Waals surface area contributed by atoms with Gasteiger partial charge in [-0.1, -0.05) is 62.9 Å². The molecule has 2 fully saturated rings. The number of halogens is 1. The van der Waals surface area contributed by atoms with E-state index in [9.17, 15) is 4.79 Å². The van der Waals surface area contributed by atoms with E-state index in [0.29, 0.717) is 17.9 Å². The van der Waals surface area contributed by atoms with E-state index in [-0.39, 0.29) is 12.4 Å². The van der Waals surface area contributed by atoms with E-state index in [1.807, 2.05) is 30.3 Å². The second-order valence-electron chi connectivity index (χ2n) is 10.2. The van der Waals surface area contributed by atoms with Crippen molar-refractivity contribution in [1.82, 2.24) is 9.80 Å². The van der Waals surface area contributed by atoms with E-state index < -0.39 is 0 Å². The maximum atomic E-state index is 13.3. The van der Waals surface area contributed by atoms with E-state index in [1.165, 1.54) is 37.7 Å². The molecule has 0 spiro atoms. The average Bonchev–Trinajstić information content (AvgIpc) is 2.88. The van der Waals surface area contributed by atoms with Crippen LogP contribution in [0.25, 0.3) is 0 Å². The number of nitrogens with zero attached hydrogens (tertiary/aromatic N) is 2. The molecule has 1 heterocycles. The Labute approximate surface area is 218 Å². The highest BCUT2D eigenvalue weighted by Crippen LogP contribution is 2.29. The van der Waals surface area contributed by atoms with Crippen molar-refractivity contribution in [3.63, 3.8) is 0 Å². The van der Waals surface area contributed by atoms with Crippen molar-refractivity contribution in [1.29, 1.82) is 0 Å². The Morgan fingerprint density at radius 2 is 1.57 bits per heavy atom. The van der Waals surface area contributed by atoms with Crippen LogP contribution in [0.15, 0.2) is 54.6 Å². The number of hydrogen-bond donors (Lipinski definition) is 0. The summed E-state index contributed by atoms with van der Waals surface area (Å²) in [6.07, 6.45) is 11.7. The van der Waals surface area contributed by atoms with Crippen LogP contribution in [0, 0.1) is 5.92 Å². The zero-order chi connectivity index (χ0) is 23.6. The molecule has 0 bridgehead atoms. The minimum absolute atomic E-state index is 0. The summed E-state index contributed by atoms with van der Waals surface area (Å²) in [7, 11) is 0. The third kappa shape index (κ3) is 8.54. The first-order valence-corrected chi connectivity index (χ1v) is 13.5. The smallest absolute Gasteiger partial charge is 0.223 e. The molecule has 4 nitrogen and oxygen atoms in total. The molecule has 0 atom stereocenters. The predicted octanol–water partition coefficient (Wildman–Crippen LogP) is 7.46. The number of likely N-dealkylation sites (tertiary alicyclic amines) is 1. The van der Waals surface area contributed by atoms with Gasteiger partial charge in [-0.15, -0.1) is 12.4 Å². The van der Waals surface area contributed by atoms with Gasteiger partial charge in [0.15, 0.2) is 0 Å². The first kappa shape index (κ1) is 27.5. The number of carbonyl (C=O) groups excluding carboxylic acids is 1. The van der Waals surface area contributed by atoms with Crippen LogP contribution in [0.1, 0.15) is 76.7 Å². The first-order chi connectivity index (χ1) is 16.7. The van der Waals surface area contributed by atoms with Gasteiger partial charge in [-0.25, -0.2) is 0 Å². The molecule has 1 aliphatic carbocycles. The fraction of sp³-hybridized carbons (Fsp3) is 0.567. The topological polar surface area (TPSA) is 32.8 Å². The second-order valence-corrected chi connectivity index (χ2v) is 10.2. The van der Waals surface area contributed by atoms with E-state index in [1.54, 1.807) is 0 Å². The molecular weight excluding hydrogens is 456 g/mol. The zero-order valence-electron chi connectivity index (χ0n) is 21.4. The van der Waals surface area contributed by atoms with Crippen molar-refractivity contribution >= 4 is 18.3 Å². The van der Waals surface area contributed by atoms with Crippen LogP contribution in [-0.2, 0) is 11.3 Å². The number of amides is 1. The Morgan fingerprint density at radius 1 is 0.914 bits per heavy atom. The highest BCUT2D eigenvalue weighted by Gasteiger charge is 2.29. The maximum Gasteiger partial charge on any atom is 0.223 e. The average molecular weight is 499 g/mol. The molecule has 0 radical (unpaired) electrons. The third-order valence-corrected chi connectivity index (χ3v) is 7.57. The summed E-state index contributed by atoms with van der Waals surface area (Å²) < 4.78 is 5.92. The number of unbranched alkanes of at least 4 members (excludes halogenated alkanes) is 1. The molecule has 1 saturated heterocycles. The van der Waals surface area contributed by atoms with Crippen molar-refractivity contribution in [3.8, 4) is 11.5 Å². The standard InChI is InChI=1S/C30H42N2O2.ClH/c1-2-3-20-32(30(33)23-25-10-6-4-7-11-25)27-18-21-31(22-19-27)24-26-14-16-29(17-15-26)34-28-12-8-5-9-13-28;/h5,8-9,12-17,25,27H,2-4,6-7,10-11,18-24H2,1H3;1H. The van der Waals surface area contributed by atoms with Crippen molar-refractivity contribution in [2.45, 2.75) is 83.7 Å². The van der Waals surface area contributed by atoms with Gasteiger partial charge in [0.25, 0.3) is 0 Å². The number of carbonyl (C=O) groups is 1. The SMILES string of the molecule is CCCCN(C(=O)CC1CCCCC1)C1CCN(Cc2ccc(Oc3ccccc3)cc2)CC1.Cl. The summed E-state index contributed by atoms with van der Waals surface area (Å²) in [4.78, 5) is 18.1. The van der Waals surface area contributed by atoms with Crippen LogP contribution in [0.3, 0.4) is 0 Å². The second kappa shape index (κ2) is 14.5. The van der Waals surface area contributed by atoms with Crippen molar-refractivity contribution in [3.05, 3.63) is 60.2 Å². The van der Waals surface area contributed by atoms with Crippen LogP contribution in [-0.4, -0.2) is 41.4 Å². The summed E-state index contributed by atoms with van der Waals surface area (Å²) in [5.41, 5.74) is 1.31. The number of benzene rings is 2. The lowest BCUT2D eigenvalue weighted by Crippen LogP contribution is -2.48. The number of para-hydroxylation sites is 1. The molecule has 1 amide bonds. The lowest BCUT2D eigenvalue weighted by molar-refractivity contribution is -0.136. The van der Waals surface area contributed by atoms with Gasteiger partial charge in [-0.3, -0.25) is 9.69 Å². The summed E-state index contributed by atoms with van der Waals surface area (Å²) >= 11 is 0. The van der Waals surface area contributed by atoms with Crippen LogP contribution < -0.4 is 4.74 Å². The molecule has 0 N–H and O–H groups in total. The molecule has 2 aromatic carbocycles. The maximum absolute atomic E-state index is 13.3. The molecular formula is C30H43ClN2O2. The number of rotatable bonds is 10. The monoisotopic (exact) mass is 498 g/mol. The van der Waals surface area contributed by atoms with Crippen molar-refractivity contribution in [2.24, 2.45) is 5.92 Å². The van der Waals surface area contributed by atoms with E-state index >= 15 is 0 Å². The molecule has 5 heteroatoms. The third-order valence-electron chi connectivity index (χ3n) is 7.57. The summed E-state index contributed by atoms with van der Waals surface area (Å²) in [6, 6.07) is 18.8. The van der Waals surface area contributed by atoms with Crippen molar-refractivity contribution < 1.29 is 9.53 Å². The molecule has 2 aromatic rings. The Hall–Kier alpha value is -2.04. The molecule has 1 saturated carbocycles. The highest BCUT2D eigenvalue weighted by molar-refractivity contribution is 5.85. The van der Waals surface area contributed by atoms with Crippen LogP contribution in [0.2, 0.25) is 0 Å². The largest absolute Gasteiger partial charge is 0.457 e. The van der Waals surface area contributed by atoms with Gasteiger partial charge < -0.3 is 9.64 Å². The molecule has 0 unspecified atom stereocenters. The molecule has 2 aliphatic rings. The van der Waals surface area contributed by atoms with Gasteiger partial charge in [-0.05, 0) is 67.9 Å². The van der Waals surface area contributed by atoms with Crippen LogP contribution >= 0.6 is 12.4 Å². The molecule has 1 aliphatic heterocycles. The lowest BCUT2D eigenvalue weighted by atomic mass is 9.86. The van der Waals surface area contributed by atoms with Gasteiger partial charge >= 0.3 is 0 Å². The molecule has 4 rings (SSSR count). The van der Waals surface area contributed by atoms with Crippen LogP contribution in [0.4, 0.5) is 0 Å². The quantitative estimate of drug-likeness (QED) is 0.340. The molecule has 35 heavy (non-hydrogen) atoms. The van der Waals surface area contributed by atoms with E-state index in [4.69, 9.17) is 4.74 Å². The number of hydrogen-bond acceptors (Lipinski definition) is 3. The van der Waals surface area contributed by atoms with Gasteiger partial charge in [0.2, 0.25) is 5.91 Å². The summed E-state index contributed by atoms with van der Waals surface area (Å²) in [6.45, 7) is 6.25. The minimum atomic E-state index is 0. The van der Waals surface area contributed by atoms with E-state index in [0.717, 1.165) is 69.8 Å². The van der Waals surface area contributed by atoms with Gasteiger partial charge in [0, 0.05) is 38.6 Å². The highest BCUT2D eigenvalue weighted by atomic mass is 35.5. The van der Waals surface area contributed by atoms with E-state index in [2.05, 4.69) is 41.0 Å². The fourth-order valence-corrected chi connectivity index (χ4v) is 5.53. The summed E-state index contributed by atoms with van der Waals surface area (Å²) in [5.74, 6) is 2.78.